The highest BCUT2D eigenvalue weighted by Gasteiger charge is 2.09. The molecule has 6 nitrogen and oxygen atoms in total. The minimum absolute atomic E-state index is 0.138. The highest BCUT2D eigenvalue weighted by atomic mass is 32.1. The van der Waals surface area contributed by atoms with E-state index < -0.39 is 5.97 Å². The van der Waals surface area contributed by atoms with E-state index in [1.54, 1.807) is 42.6 Å². The Kier molecular flexibility index (Phi) is 6.51. The molecule has 0 fully saturated rings. The smallest absolute Gasteiger partial charge is 0.338 e. The van der Waals surface area contributed by atoms with E-state index in [2.05, 4.69) is 10.6 Å². The molecule has 1 aromatic heterocycles. The van der Waals surface area contributed by atoms with E-state index in [1.807, 2.05) is 5.38 Å². The second-order valence-corrected chi connectivity index (χ2v) is 5.65. The number of rotatable bonds is 7. The third kappa shape index (κ3) is 5.20. The molecule has 0 saturated carbocycles. The largest absolute Gasteiger partial charge is 0.462 e. The molecule has 126 valence electrons. The van der Waals surface area contributed by atoms with Gasteiger partial charge in [0.15, 0.2) is 0 Å². The maximum absolute atomic E-state index is 11.9. The minimum Gasteiger partial charge on any atom is -0.462 e. The summed E-state index contributed by atoms with van der Waals surface area (Å²) in [4.78, 5) is 35.3. The zero-order valence-corrected chi connectivity index (χ0v) is 14.0. The number of anilines is 1. The van der Waals surface area contributed by atoms with Crippen molar-refractivity contribution in [3.05, 3.63) is 52.2 Å². The quantitative estimate of drug-likeness (QED) is 0.755. The lowest BCUT2D eigenvalue weighted by atomic mass is 10.2. The minimum atomic E-state index is -0.434. The van der Waals surface area contributed by atoms with Gasteiger partial charge in [-0.1, -0.05) is 6.07 Å². The fourth-order valence-electron chi connectivity index (χ4n) is 1.95. The third-order valence-electron chi connectivity index (χ3n) is 3.08. The molecule has 0 atom stereocenters. The summed E-state index contributed by atoms with van der Waals surface area (Å²) < 4.78 is 4.92. The van der Waals surface area contributed by atoms with Gasteiger partial charge in [-0.25, -0.2) is 4.79 Å². The molecule has 2 rings (SSSR count). The Labute approximate surface area is 143 Å². The van der Waals surface area contributed by atoms with E-state index in [0.717, 1.165) is 0 Å². The molecular formula is C17H18N2O4S. The molecule has 1 aromatic carbocycles. The first-order valence-corrected chi connectivity index (χ1v) is 8.42. The zero-order chi connectivity index (χ0) is 17.4. The van der Waals surface area contributed by atoms with Crippen molar-refractivity contribution in [2.24, 2.45) is 0 Å². The van der Waals surface area contributed by atoms with Crippen LogP contribution in [0, 0.1) is 0 Å². The molecule has 0 saturated heterocycles. The Hall–Kier alpha value is -2.67. The van der Waals surface area contributed by atoms with E-state index in [0.29, 0.717) is 23.4 Å². The molecule has 0 aliphatic rings. The average molecular weight is 346 g/mol. The lowest BCUT2D eigenvalue weighted by Gasteiger charge is -2.08. The van der Waals surface area contributed by atoms with Crippen LogP contribution in [0.15, 0.2) is 41.1 Å². The van der Waals surface area contributed by atoms with Gasteiger partial charge in [-0.15, -0.1) is 0 Å². The van der Waals surface area contributed by atoms with Crippen molar-refractivity contribution in [1.82, 2.24) is 5.32 Å². The first-order chi connectivity index (χ1) is 11.6. The van der Waals surface area contributed by atoms with Gasteiger partial charge in [0.05, 0.1) is 12.2 Å². The number of nitrogens with one attached hydrogen (secondary N) is 2. The number of amides is 2. The summed E-state index contributed by atoms with van der Waals surface area (Å²) in [6.07, 6.45) is 0.138. The Bertz CT molecular complexity index is 713. The average Bonchev–Trinajstić information content (AvgIpc) is 3.10. The Morgan fingerprint density at radius 2 is 2.00 bits per heavy atom. The van der Waals surface area contributed by atoms with Crippen LogP contribution in [0.4, 0.5) is 5.69 Å². The summed E-state index contributed by atoms with van der Waals surface area (Å²) in [7, 11) is 0. The monoisotopic (exact) mass is 346 g/mol. The second-order valence-electron chi connectivity index (χ2n) is 4.87. The number of esters is 1. The van der Waals surface area contributed by atoms with Gasteiger partial charge in [0.2, 0.25) is 5.91 Å². The standard InChI is InChI=1S/C17H18N2O4S/c1-2-23-17(22)12-4-3-5-14(10-12)19-15(20)6-8-18-16(21)13-7-9-24-11-13/h3-5,7,9-11H,2,6,8H2,1H3,(H,18,21)(H,19,20). The van der Waals surface area contributed by atoms with Crippen molar-refractivity contribution in [2.45, 2.75) is 13.3 Å². The molecule has 0 bridgehead atoms. The van der Waals surface area contributed by atoms with Crippen LogP contribution < -0.4 is 10.6 Å². The zero-order valence-electron chi connectivity index (χ0n) is 13.2. The first-order valence-electron chi connectivity index (χ1n) is 7.47. The molecule has 1 heterocycles. The lowest BCUT2D eigenvalue weighted by Crippen LogP contribution is -2.27. The SMILES string of the molecule is CCOC(=O)c1cccc(NC(=O)CCNC(=O)c2ccsc2)c1. The van der Waals surface area contributed by atoms with Crippen LogP contribution in [0.1, 0.15) is 34.1 Å². The maximum atomic E-state index is 11.9. The van der Waals surface area contributed by atoms with Gasteiger partial charge >= 0.3 is 5.97 Å². The number of carbonyl (C=O) groups excluding carboxylic acids is 3. The highest BCUT2D eigenvalue weighted by Crippen LogP contribution is 2.12. The number of thiophene rings is 1. The van der Waals surface area contributed by atoms with Crippen molar-refractivity contribution in [3.63, 3.8) is 0 Å². The normalized spacial score (nSPS) is 10.0. The second kappa shape index (κ2) is 8.83. The molecule has 0 radical (unpaired) electrons. The summed E-state index contributed by atoms with van der Waals surface area (Å²) in [5.74, 6) is -0.883. The Morgan fingerprint density at radius 1 is 1.17 bits per heavy atom. The number of ether oxygens (including phenoxy) is 1. The van der Waals surface area contributed by atoms with Crippen molar-refractivity contribution >= 4 is 34.8 Å². The Morgan fingerprint density at radius 3 is 2.71 bits per heavy atom. The fourth-order valence-corrected chi connectivity index (χ4v) is 2.58. The van der Waals surface area contributed by atoms with Crippen LogP contribution in [0.5, 0.6) is 0 Å². The van der Waals surface area contributed by atoms with E-state index in [9.17, 15) is 14.4 Å². The molecule has 2 aromatic rings. The fraction of sp³-hybridized carbons (Fsp3) is 0.235. The Balaban J connectivity index is 1.81. The molecule has 24 heavy (non-hydrogen) atoms. The molecule has 0 unspecified atom stereocenters. The summed E-state index contributed by atoms with van der Waals surface area (Å²) in [5.41, 5.74) is 1.47. The van der Waals surface area contributed by atoms with Gasteiger partial charge < -0.3 is 15.4 Å². The van der Waals surface area contributed by atoms with Gasteiger partial charge in [0.1, 0.15) is 0 Å². The van der Waals surface area contributed by atoms with Crippen molar-refractivity contribution in [1.29, 1.82) is 0 Å². The van der Waals surface area contributed by atoms with E-state index in [4.69, 9.17) is 4.74 Å². The first kappa shape index (κ1) is 17.7. The van der Waals surface area contributed by atoms with Crippen LogP contribution in [-0.2, 0) is 9.53 Å². The van der Waals surface area contributed by atoms with Gasteiger partial charge in [0.25, 0.3) is 5.91 Å². The van der Waals surface area contributed by atoms with Crippen LogP contribution in [0.25, 0.3) is 0 Å². The number of hydrogen-bond donors (Lipinski definition) is 2. The topological polar surface area (TPSA) is 84.5 Å². The molecule has 0 aliphatic heterocycles. The number of benzene rings is 1. The number of hydrogen-bond acceptors (Lipinski definition) is 5. The molecule has 2 amide bonds. The highest BCUT2D eigenvalue weighted by molar-refractivity contribution is 7.08. The number of carbonyl (C=O) groups is 3. The van der Waals surface area contributed by atoms with Crippen LogP contribution in [0.2, 0.25) is 0 Å². The van der Waals surface area contributed by atoms with Gasteiger partial charge in [0, 0.05) is 29.6 Å². The van der Waals surface area contributed by atoms with Crippen LogP contribution in [-0.4, -0.2) is 30.9 Å². The predicted molar refractivity (Wildman–Crippen MR) is 92.3 cm³/mol. The van der Waals surface area contributed by atoms with E-state index >= 15 is 0 Å². The van der Waals surface area contributed by atoms with E-state index in [-0.39, 0.29) is 24.8 Å². The molecular weight excluding hydrogens is 328 g/mol. The predicted octanol–water partition coefficient (Wildman–Crippen LogP) is 2.68. The lowest BCUT2D eigenvalue weighted by molar-refractivity contribution is -0.116. The van der Waals surface area contributed by atoms with Crippen molar-refractivity contribution < 1.29 is 19.1 Å². The molecule has 0 spiro atoms. The summed E-state index contributed by atoms with van der Waals surface area (Å²) in [5, 5.41) is 8.94. The van der Waals surface area contributed by atoms with Gasteiger partial charge in [-0.3, -0.25) is 9.59 Å². The molecule has 0 aliphatic carbocycles. The molecule has 7 heteroatoms. The summed E-state index contributed by atoms with van der Waals surface area (Å²) >= 11 is 1.44. The summed E-state index contributed by atoms with van der Waals surface area (Å²) in [6, 6.07) is 8.25. The maximum Gasteiger partial charge on any atom is 0.338 e. The third-order valence-corrected chi connectivity index (χ3v) is 3.76. The van der Waals surface area contributed by atoms with E-state index in [1.165, 1.54) is 11.3 Å². The van der Waals surface area contributed by atoms with Crippen LogP contribution >= 0.6 is 11.3 Å². The van der Waals surface area contributed by atoms with Crippen molar-refractivity contribution in [2.75, 3.05) is 18.5 Å². The summed E-state index contributed by atoms with van der Waals surface area (Å²) in [6.45, 7) is 2.26. The van der Waals surface area contributed by atoms with Crippen molar-refractivity contribution in [3.8, 4) is 0 Å². The van der Waals surface area contributed by atoms with Crippen LogP contribution in [0.3, 0.4) is 0 Å². The molecule has 2 N–H and O–H groups in total. The van der Waals surface area contributed by atoms with Gasteiger partial charge in [-0.2, -0.15) is 11.3 Å². The van der Waals surface area contributed by atoms with Gasteiger partial charge in [-0.05, 0) is 36.6 Å².